The molecule has 3 nitrogen and oxygen atoms in total. The topological polar surface area (TPSA) is 48.7 Å². The lowest BCUT2D eigenvalue weighted by molar-refractivity contribution is -0.138. The van der Waals surface area contributed by atoms with E-state index in [-0.39, 0.29) is 23.7 Å². The van der Waals surface area contributed by atoms with E-state index in [1.54, 1.807) is 0 Å². The van der Waals surface area contributed by atoms with Crippen LogP contribution in [0.25, 0.3) is 0 Å². The van der Waals surface area contributed by atoms with Crippen LogP contribution in [-0.2, 0) is 22.6 Å². The molecular formula is C18H14F6N2O. The van der Waals surface area contributed by atoms with Crippen molar-refractivity contribution in [3.63, 3.8) is 0 Å². The van der Waals surface area contributed by atoms with Crippen LogP contribution in [0.15, 0.2) is 53.6 Å². The molecule has 0 saturated carbocycles. The molecule has 1 atom stereocenters. The number of rotatable bonds is 5. The molecule has 2 aromatic carbocycles. The van der Waals surface area contributed by atoms with E-state index in [4.69, 9.17) is 10.3 Å². The van der Waals surface area contributed by atoms with Gasteiger partial charge >= 0.3 is 12.4 Å². The Labute approximate surface area is 150 Å². The van der Waals surface area contributed by atoms with Crippen molar-refractivity contribution in [3.05, 3.63) is 70.8 Å². The zero-order chi connectivity index (χ0) is 19.9. The van der Waals surface area contributed by atoms with Crippen molar-refractivity contribution in [2.24, 2.45) is 5.11 Å². The molecule has 9 heteroatoms. The highest BCUT2D eigenvalue weighted by atomic mass is 19.4. The Morgan fingerprint density at radius 2 is 1.11 bits per heavy atom. The first kappa shape index (κ1) is 19.3. The van der Waals surface area contributed by atoms with Gasteiger partial charge in [-0.05, 0) is 35.4 Å². The summed E-state index contributed by atoms with van der Waals surface area (Å²) in [7, 11) is 0. The lowest BCUT2D eigenvalue weighted by Crippen LogP contribution is -2.27. The Kier molecular flexibility index (Phi) is 4.75. The highest BCUT2D eigenvalue weighted by molar-refractivity contribution is 5.42. The molecule has 0 aromatic heterocycles. The predicted molar refractivity (Wildman–Crippen MR) is 83.2 cm³/mol. The van der Waals surface area contributed by atoms with Crippen molar-refractivity contribution in [2.45, 2.75) is 30.4 Å². The predicted octanol–water partition coefficient (Wildman–Crippen LogP) is 5.79. The van der Waals surface area contributed by atoms with E-state index in [2.05, 4.69) is 5.11 Å². The first-order valence-corrected chi connectivity index (χ1v) is 7.92. The zero-order valence-corrected chi connectivity index (χ0v) is 13.7. The van der Waals surface area contributed by atoms with Crippen molar-refractivity contribution in [2.75, 3.05) is 6.61 Å². The zero-order valence-electron chi connectivity index (χ0n) is 13.7. The van der Waals surface area contributed by atoms with Crippen LogP contribution in [0.2, 0.25) is 0 Å². The van der Waals surface area contributed by atoms with Gasteiger partial charge in [-0.1, -0.05) is 24.3 Å². The monoisotopic (exact) mass is 388 g/mol. The molecule has 0 aliphatic carbocycles. The van der Waals surface area contributed by atoms with Crippen LogP contribution >= 0.6 is 0 Å². The second-order valence-electron chi connectivity index (χ2n) is 6.28. The number of nitrogens with one attached hydrogen (secondary N) is 1. The summed E-state index contributed by atoms with van der Waals surface area (Å²) in [5, 5.41) is 3.63. The smallest absolute Gasteiger partial charge is 0.373 e. The van der Waals surface area contributed by atoms with Gasteiger partial charge < -0.3 is 4.74 Å². The first-order valence-electron chi connectivity index (χ1n) is 7.92. The standard InChI is InChI=1S/C18H14F6N2O/c19-17(20,21)13-5-1-11(2-6-13)16(26-25,9-15-10-27-15)12-3-7-14(8-4-12)18(22,23)24/h1-8,15,25H,9-10H2/t15-/m0/s1. The quantitative estimate of drug-likeness (QED) is 0.394. The Morgan fingerprint density at radius 3 is 1.37 bits per heavy atom. The molecule has 144 valence electrons. The van der Waals surface area contributed by atoms with Crippen LogP contribution in [0, 0.1) is 5.53 Å². The second kappa shape index (κ2) is 6.63. The Bertz CT molecular complexity index is 750. The molecule has 0 radical (unpaired) electrons. The van der Waals surface area contributed by atoms with Gasteiger partial charge in [-0.15, -0.1) is 0 Å². The maximum atomic E-state index is 12.8. The summed E-state index contributed by atoms with van der Waals surface area (Å²) in [5.41, 5.74) is 5.10. The molecule has 3 rings (SSSR count). The Hall–Kier alpha value is -2.42. The molecule has 0 unspecified atom stereocenters. The van der Waals surface area contributed by atoms with Crippen molar-refractivity contribution < 1.29 is 31.1 Å². The Morgan fingerprint density at radius 1 is 0.778 bits per heavy atom. The molecule has 1 heterocycles. The summed E-state index contributed by atoms with van der Waals surface area (Å²) < 4.78 is 82.0. The number of ether oxygens (including phenoxy) is 1. The van der Waals surface area contributed by atoms with Crippen LogP contribution in [0.1, 0.15) is 28.7 Å². The van der Waals surface area contributed by atoms with Gasteiger partial charge in [-0.3, -0.25) is 0 Å². The fourth-order valence-corrected chi connectivity index (χ4v) is 2.96. The van der Waals surface area contributed by atoms with E-state index >= 15 is 0 Å². The maximum absolute atomic E-state index is 12.8. The van der Waals surface area contributed by atoms with Crippen LogP contribution in [0.3, 0.4) is 0 Å². The van der Waals surface area contributed by atoms with Gasteiger partial charge in [0.05, 0.1) is 23.8 Å². The lowest BCUT2D eigenvalue weighted by atomic mass is 9.79. The number of halogens is 6. The van der Waals surface area contributed by atoms with E-state index < -0.39 is 29.0 Å². The third-order valence-corrected chi connectivity index (χ3v) is 4.50. The second-order valence-corrected chi connectivity index (χ2v) is 6.28. The van der Waals surface area contributed by atoms with Gasteiger partial charge in [0.25, 0.3) is 0 Å². The number of nitrogens with zero attached hydrogens (tertiary/aromatic N) is 1. The van der Waals surface area contributed by atoms with Crippen molar-refractivity contribution in [1.29, 1.82) is 5.53 Å². The normalized spacial score (nSPS) is 17.6. The molecule has 1 N–H and O–H groups in total. The summed E-state index contributed by atoms with van der Waals surface area (Å²) in [5.74, 6) is 0. The molecule has 0 spiro atoms. The number of alkyl halides is 6. The average Bonchev–Trinajstić information content (AvgIpc) is 3.42. The summed E-state index contributed by atoms with van der Waals surface area (Å²) in [6.45, 7) is 0.401. The van der Waals surface area contributed by atoms with Crippen LogP contribution in [-0.4, -0.2) is 12.7 Å². The van der Waals surface area contributed by atoms with Gasteiger partial charge in [0.1, 0.15) is 5.54 Å². The van der Waals surface area contributed by atoms with Gasteiger partial charge in [0.15, 0.2) is 0 Å². The summed E-state index contributed by atoms with van der Waals surface area (Å²) in [6.07, 6.45) is -9.16. The van der Waals surface area contributed by atoms with E-state index in [0.717, 1.165) is 24.3 Å². The van der Waals surface area contributed by atoms with Crippen molar-refractivity contribution in [1.82, 2.24) is 0 Å². The third kappa shape index (κ3) is 3.97. The van der Waals surface area contributed by atoms with Gasteiger partial charge in [-0.25, -0.2) is 5.53 Å². The van der Waals surface area contributed by atoms with E-state index in [0.29, 0.717) is 6.61 Å². The summed E-state index contributed by atoms with van der Waals surface area (Å²) >= 11 is 0. The van der Waals surface area contributed by atoms with E-state index in [1.165, 1.54) is 24.3 Å². The minimum atomic E-state index is -4.52. The molecule has 1 aliphatic rings. The lowest BCUT2D eigenvalue weighted by Gasteiger charge is -2.29. The van der Waals surface area contributed by atoms with E-state index in [9.17, 15) is 26.3 Å². The minimum Gasteiger partial charge on any atom is -0.373 e. The Balaban J connectivity index is 2.05. The highest BCUT2D eigenvalue weighted by Gasteiger charge is 2.42. The molecule has 27 heavy (non-hydrogen) atoms. The molecule has 1 saturated heterocycles. The maximum Gasteiger partial charge on any atom is 0.416 e. The van der Waals surface area contributed by atoms with E-state index in [1.807, 2.05) is 0 Å². The van der Waals surface area contributed by atoms with Crippen LogP contribution in [0.5, 0.6) is 0 Å². The largest absolute Gasteiger partial charge is 0.416 e. The van der Waals surface area contributed by atoms with Crippen molar-refractivity contribution in [3.8, 4) is 0 Å². The molecular weight excluding hydrogens is 374 g/mol. The molecule has 1 fully saturated rings. The SMILES string of the molecule is N=NC(C[C@H]1CO1)(c1ccc(C(F)(F)F)cc1)c1ccc(C(F)(F)F)cc1. The van der Waals surface area contributed by atoms with Crippen LogP contribution in [0.4, 0.5) is 26.3 Å². The number of epoxide rings is 1. The highest BCUT2D eigenvalue weighted by Crippen LogP contribution is 2.43. The average molecular weight is 388 g/mol. The summed E-state index contributed by atoms with van der Waals surface area (Å²) in [6, 6.07) is 8.25. The summed E-state index contributed by atoms with van der Waals surface area (Å²) in [4.78, 5) is 0. The third-order valence-electron chi connectivity index (χ3n) is 4.50. The number of benzene rings is 2. The number of hydrogen-bond acceptors (Lipinski definition) is 3. The van der Waals surface area contributed by atoms with Gasteiger partial charge in [0, 0.05) is 6.42 Å². The fourth-order valence-electron chi connectivity index (χ4n) is 2.96. The van der Waals surface area contributed by atoms with Crippen molar-refractivity contribution >= 4 is 0 Å². The first-order chi connectivity index (χ1) is 12.6. The molecule has 0 bridgehead atoms. The molecule has 1 aliphatic heterocycles. The molecule has 0 amide bonds. The fraction of sp³-hybridized carbons (Fsp3) is 0.333. The number of hydrogen-bond donors (Lipinski definition) is 1. The van der Waals surface area contributed by atoms with Gasteiger partial charge in [0.2, 0.25) is 0 Å². The van der Waals surface area contributed by atoms with Crippen LogP contribution < -0.4 is 0 Å². The molecule has 2 aromatic rings. The van der Waals surface area contributed by atoms with Gasteiger partial charge in [-0.2, -0.15) is 31.5 Å². The minimum absolute atomic E-state index is 0.146.